The van der Waals surface area contributed by atoms with Crippen molar-refractivity contribution in [2.45, 2.75) is 68.6 Å². The van der Waals surface area contributed by atoms with Gasteiger partial charge in [-0.15, -0.1) is 23.1 Å². The first kappa shape index (κ1) is 20.7. The Morgan fingerprint density at radius 2 is 2.26 bits per heavy atom. The van der Waals surface area contributed by atoms with Crippen molar-refractivity contribution in [3.8, 4) is 0 Å². The second-order valence-corrected chi connectivity index (χ2v) is 10.2. The van der Waals surface area contributed by atoms with Gasteiger partial charge in [-0.1, -0.05) is 31.6 Å². The highest BCUT2D eigenvalue weighted by molar-refractivity contribution is 8.01. The molecule has 27 heavy (non-hydrogen) atoms. The standard InChI is InChI=1S/C22H30O3S2/c1-2-22(13-5-14-22)19(23)9-4-8-16-6-3-7-17(16)12-15-26-20-11-10-18(27-20)21(24)25/h4,6,8,10-11,17,19,23H,2-3,5,7,9,12-15H2,1H3,(H,24,25)/b8-4+/t17-,19?/m1/s1. The van der Waals surface area contributed by atoms with Crippen LogP contribution in [0.5, 0.6) is 0 Å². The number of hydrogen-bond acceptors (Lipinski definition) is 4. The lowest BCUT2D eigenvalue weighted by Crippen LogP contribution is -2.40. The van der Waals surface area contributed by atoms with E-state index in [1.807, 2.05) is 6.07 Å². The molecule has 2 aliphatic carbocycles. The van der Waals surface area contributed by atoms with Gasteiger partial charge in [0, 0.05) is 0 Å². The summed E-state index contributed by atoms with van der Waals surface area (Å²) in [4.78, 5) is 11.4. The number of allylic oxidation sites excluding steroid dienone is 3. The number of hydrogen-bond donors (Lipinski definition) is 2. The Morgan fingerprint density at radius 3 is 2.89 bits per heavy atom. The average Bonchev–Trinajstić information content (AvgIpc) is 3.24. The summed E-state index contributed by atoms with van der Waals surface area (Å²) in [6.07, 6.45) is 15.5. The molecule has 1 fully saturated rings. The van der Waals surface area contributed by atoms with Crippen molar-refractivity contribution < 1.29 is 15.0 Å². The van der Waals surface area contributed by atoms with Gasteiger partial charge in [-0.05, 0) is 79.7 Å². The Hall–Kier alpha value is -1.04. The van der Waals surface area contributed by atoms with Gasteiger partial charge in [0.25, 0.3) is 0 Å². The summed E-state index contributed by atoms with van der Waals surface area (Å²) in [7, 11) is 0. The van der Waals surface area contributed by atoms with Crippen molar-refractivity contribution in [2.24, 2.45) is 11.3 Å². The molecular formula is C22H30O3S2. The average molecular weight is 407 g/mol. The molecule has 0 spiro atoms. The summed E-state index contributed by atoms with van der Waals surface area (Å²) in [5.41, 5.74) is 1.60. The molecule has 1 aromatic heterocycles. The van der Waals surface area contributed by atoms with Crippen molar-refractivity contribution in [1.82, 2.24) is 0 Å². The number of carboxylic acids is 1. The number of carbonyl (C=O) groups is 1. The summed E-state index contributed by atoms with van der Waals surface area (Å²) in [6, 6.07) is 3.60. The van der Waals surface area contributed by atoms with Gasteiger partial charge in [0.1, 0.15) is 4.88 Å². The van der Waals surface area contributed by atoms with Gasteiger partial charge in [0.05, 0.1) is 10.3 Å². The van der Waals surface area contributed by atoms with Crippen LogP contribution >= 0.6 is 23.1 Å². The molecule has 2 atom stereocenters. The summed E-state index contributed by atoms with van der Waals surface area (Å²) in [5, 5.41) is 19.6. The number of thiophene rings is 1. The zero-order valence-electron chi connectivity index (χ0n) is 16.0. The molecule has 1 unspecified atom stereocenters. The van der Waals surface area contributed by atoms with Gasteiger partial charge in [-0.25, -0.2) is 4.79 Å². The fourth-order valence-electron chi connectivity index (χ4n) is 4.25. The topological polar surface area (TPSA) is 57.5 Å². The summed E-state index contributed by atoms with van der Waals surface area (Å²) < 4.78 is 1.08. The van der Waals surface area contributed by atoms with Crippen molar-refractivity contribution in [3.05, 3.63) is 40.8 Å². The molecular weight excluding hydrogens is 376 g/mol. The normalized spacial score (nSPS) is 22.6. The lowest BCUT2D eigenvalue weighted by atomic mass is 9.63. The molecule has 0 bridgehead atoms. The number of aromatic carboxylic acids is 1. The SMILES string of the molecule is CCC1(C(O)C/C=C/C2=CCC[C@@H]2CCSc2ccc(C(=O)O)s2)CCC1. The van der Waals surface area contributed by atoms with Crippen LogP contribution in [0.1, 0.15) is 68.0 Å². The number of rotatable bonds is 10. The van der Waals surface area contributed by atoms with Crippen LogP contribution in [0.4, 0.5) is 0 Å². The van der Waals surface area contributed by atoms with Gasteiger partial charge in [0.15, 0.2) is 0 Å². The monoisotopic (exact) mass is 406 g/mol. The predicted molar refractivity (Wildman–Crippen MR) is 114 cm³/mol. The minimum absolute atomic E-state index is 0.181. The third-order valence-electron chi connectivity index (χ3n) is 6.30. The first-order valence-corrected chi connectivity index (χ1v) is 11.8. The molecule has 1 saturated carbocycles. The van der Waals surface area contributed by atoms with E-state index < -0.39 is 5.97 Å². The number of aliphatic hydroxyl groups excluding tert-OH is 1. The number of carboxylic acid groups (broad SMARTS) is 1. The first-order chi connectivity index (χ1) is 13.0. The molecule has 2 N–H and O–H groups in total. The smallest absolute Gasteiger partial charge is 0.345 e. The van der Waals surface area contributed by atoms with Crippen LogP contribution in [-0.2, 0) is 0 Å². The zero-order chi connectivity index (χ0) is 19.3. The first-order valence-electron chi connectivity index (χ1n) is 10.0. The van der Waals surface area contributed by atoms with Crippen LogP contribution in [0.3, 0.4) is 0 Å². The highest BCUT2D eigenvalue weighted by atomic mass is 32.2. The number of aliphatic hydroxyl groups is 1. The molecule has 1 heterocycles. The molecule has 0 aromatic carbocycles. The summed E-state index contributed by atoms with van der Waals surface area (Å²) in [6.45, 7) is 2.20. The summed E-state index contributed by atoms with van der Waals surface area (Å²) in [5.74, 6) is 0.761. The van der Waals surface area contributed by atoms with Crippen LogP contribution in [-0.4, -0.2) is 28.0 Å². The molecule has 148 valence electrons. The lowest BCUT2D eigenvalue weighted by molar-refractivity contribution is -0.0354. The van der Waals surface area contributed by atoms with Crippen LogP contribution in [0.25, 0.3) is 0 Å². The third kappa shape index (κ3) is 5.07. The maximum atomic E-state index is 11.0. The lowest BCUT2D eigenvalue weighted by Gasteiger charge is -2.45. The highest BCUT2D eigenvalue weighted by Gasteiger charge is 2.40. The van der Waals surface area contributed by atoms with Crippen LogP contribution in [0.2, 0.25) is 0 Å². The molecule has 0 radical (unpaired) electrons. The number of thioether (sulfide) groups is 1. The molecule has 3 nitrogen and oxygen atoms in total. The Labute approximate surface area is 170 Å². The van der Waals surface area contributed by atoms with Crippen molar-refractivity contribution in [1.29, 1.82) is 0 Å². The Morgan fingerprint density at radius 1 is 1.44 bits per heavy atom. The molecule has 0 amide bonds. The van der Waals surface area contributed by atoms with Gasteiger partial charge < -0.3 is 10.2 Å². The van der Waals surface area contributed by atoms with Crippen LogP contribution < -0.4 is 0 Å². The second-order valence-electron chi connectivity index (χ2n) is 7.76. The Balaban J connectivity index is 1.43. The molecule has 0 saturated heterocycles. The molecule has 0 aliphatic heterocycles. The van der Waals surface area contributed by atoms with Gasteiger partial charge in [-0.2, -0.15) is 0 Å². The molecule has 5 heteroatoms. The molecule has 3 rings (SSSR count). The Bertz CT molecular complexity index is 695. The predicted octanol–water partition coefficient (Wildman–Crippen LogP) is 6.15. The largest absolute Gasteiger partial charge is 0.477 e. The minimum Gasteiger partial charge on any atom is -0.477 e. The zero-order valence-corrected chi connectivity index (χ0v) is 17.7. The molecule has 1 aromatic rings. The van der Waals surface area contributed by atoms with E-state index >= 15 is 0 Å². The van der Waals surface area contributed by atoms with E-state index in [9.17, 15) is 9.90 Å². The van der Waals surface area contributed by atoms with Crippen LogP contribution in [0, 0.1) is 11.3 Å². The van der Waals surface area contributed by atoms with Gasteiger partial charge in [0.2, 0.25) is 0 Å². The van der Waals surface area contributed by atoms with Crippen molar-refractivity contribution >= 4 is 29.1 Å². The van der Waals surface area contributed by atoms with Crippen molar-refractivity contribution in [3.63, 3.8) is 0 Å². The maximum Gasteiger partial charge on any atom is 0.345 e. The van der Waals surface area contributed by atoms with Gasteiger partial charge >= 0.3 is 5.97 Å². The van der Waals surface area contributed by atoms with E-state index in [2.05, 4.69) is 25.2 Å². The fraction of sp³-hybridized carbons (Fsp3) is 0.591. The van der Waals surface area contributed by atoms with Crippen molar-refractivity contribution in [2.75, 3.05) is 5.75 Å². The maximum absolute atomic E-state index is 11.0. The van der Waals surface area contributed by atoms with E-state index in [0.29, 0.717) is 10.8 Å². The quantitative estimate of drug-likeness (QED) is 0.457. The van der Waals surface area contributed by atoms with E-state index in [1.165, 1.54) is 42.6 Å². The van der Waals surface area contributed by atoms with E-state index in [-0.39, 0.29) is 11.5 Å². The highest BCUT2D eigenvalue weighted by Crippen LogP contribution is 2.47. The third-order valence-corrected chi connectivity index (χ3v) is 8.63. The van der Waals surface area contributed by atoms with Crippen LogP contribution in [0.15, 0.2) is 40.1 Å². The van der Waals surface area contributed by atoms with Gasteiger partial charge in [-0.3, -0.25) is 0 Å². The van der Waals surface area contributed by atoms with E-state index in [0.717, 1.165) is 35.6 Å². The molecule has 2 aliphatic rings. The van der Waals surface area contributed by atoms with E-state index in [1.54, 1.807) is 17.8 Å². The Kier molecular flexibility index (Phi) is 7.23. The second kappa shape index (κ2) is 9.44. The van der Waals surface area contributed by atoms with E-state index in [4.69, 9.17) is 5.11 Å². The summed E-state index contributed by atoms with van der Waals surface area (Å²) >= 11 is 3.12. The fourth-order valence-corrected chi connectivity index (χ4v) is 6.35. The minimum atomic E-state index is -0.841.